The second-order valence-corrected chi connectivity index (χ2v) is 7.76. The molecule has 0 heterocycles. The van der Waals surface area contributed by atoms with Crippen molar-refractivity contribution in [3.05, 3.63) is 0 Å². The molecule has 2 saturated carbocycles. The van der Waals surface area contributed by atoms with Crippen molar-refractivity contribution in [3.8, 4) is 0 Å². The molecule has 0 aromatic carbocycles. The Balaban J connectivity index is 1.84. The zero-order valence-electron chi connectivity index (χ0n) is 14.6. The monoisotopic (exact) mass is 310 g/mol. The zero-order valence-corrected chi connectivity index (χ0v) is 14.6. The molecule has 128 valence electrons. The lowest BCUT2D eigenvalue weighted by molar-refractivity contribution is -0.170. The van der Waals surface area contributed by atoms with Gasteiger partial charge in [-0.05, 0) is 25.7 Å². The van der Waals surface area contributed by atoms with Gasteiger partial charge in [0.1, 0.15) is 5.54 Å². The maximum Gasteiger partial charge on any atom is 0.240 e. The van der Waals surface area contributed by atoms with Crippen molar-refractivity contribution in [2.75, 3.05) is 13.2 Å². The minimum absolute atomic E-state index is 0.00973. The summed E-state index contributed by atoms with van der Waals surface area (Å²) in [6, 6.07) is 0. The van der Waals surface area contributed by atoms with E-state index in [0.29, 0.717) is 18.9 Å². The molecule has 0 bridgehead atoms. The first-order valence-electron chi connectivity index (χ1n) is 9.10. The van der Waals surface area contributed by atoms with E-state index in [1.165, 1.54) is 44.9 Å². The molecule has 2 fully saturated rings. The fourth-order valence-electron chi connectivity index (χ4n) is 3.96. The van der Waals surface area contributed by atoms with Gasteiger partial charge in [-0.1, -0.05) is 46.0 Å². The zero-order chi connectivity index (χ0) is 16.2. The Labute approximate surface area is 135 Å². The Hall–Kier alpha value is -0.610. The van der Waals surface area contributed by atoms with E-state index in [4.69, 9.17) is 10.5 Å². The molecular formula is C18H34N2O2. The van der Waals surface area contributed by atoms with Crippen molar-refractivity contribution in [3.63, 3.8) is 0 Å². The van der Waals surface area contributed by atoms with E-state index in [0.717, 1.165) is 6.54 Å². The van der Waals surface area contributed by atoms with Crippen LogP contribution in [0, 0.1) is 11.3 Å². The molecule has 4 nitrogen and oxygen atoms in total. The minimum atomic E-state index is -0.783. The van der Waals surface area contributed by atoms with Crippen LogP contribution < -0.4 is 11.1 Å². The molecule has 1 amide bonds. The highest BCUT2D eigenvalue weighted by molar-refractivity contribution is 5.88. The smallest absolute Gasteiger partial charge is 0.240 e. The highest BCUT2D eigenvalue weighted by Crippen LogP contribution is 2.49. The van der Waals surface area contributed by atoms with E-state index in [2.05, 4.69) is 5.32 Å². The molecule has 0 radical (unpaired) electrons. The summed E-state index contributed by atoms with van der Waals surface area (Å²) in [5, 5.41) is 3.14. The fourth-order valence-corrected chi connectivity index (χ4v) is 3.96. The van der Waals surface area contributed by atoms with Gasteiger partial charge in [0.25, 0.3) is 0 Å². The van der Waals surface area contributed by atoms with Crippen molar-refractivity contribution < 1.29 is 9.53 Å². The van der Waals surface area contributed by atoms with E-state index in [1.54, 1.807) is 0 Å². The largest absolute Gasteiger partial charge is 0.378 e. The first kappa shape index (κ1) is 17.7. The van der Waals surface area contributed by atoms with Crippen LogP contribution in [-0.4, -0.2) is 30.7 Å². The number of amides is 1. The predicted molar refractivity (Wildman–Crippen MR) is 89.5 cm³/mol. The number of hydrogen-bond donors (Lipinski definition) is 2. The van der Waals surface area contributed by atoms with Crippen LogP contribution >= 0.6 is 0 Å². The summed E-state index contributed by atoms with van der Waals surface area (Å²) in [5.41, 5.74) is 5.34. The van der Waals surface area contributed by atoms with Crippen molar-refractivity contribution in [2.24, 2.45) is 17.1 Å². The Kier molecular flexibility index (Phi) is 5.89. The number of hydrogen-bond acceptors (Lipinski definition) is 3. The standard InChI is InChI=1S/C18H34N2O2/c1-4-22-15-12-18(19,17(15,2)3)16(21)20-13-14-10-8-6-5-7-9-11-14/h14-15H,4-13,19H2,1-3H3,(H,20,21). The summed E-state index contributed by atoms with van der Waals surface area (Å²) in [6.45, 7) is 7.54. The van der Waals surface area contributed by atoms with E-state index < -0.39 is 5.54 Å². The molecule has 0 saturated heterocycles. The van der Waals surface area contributed by atoms with Gasteiger partial charge in [0, 0.05) is 25.0 Å². The lowest BCUT2D eigenvalue weighted by Gasteiger charge is -2.57. The highest BCUT2D eigenvalue weighted by Gasteiger charge is 2.62. The number of carbonyl (C=O) groups is 1. The Morgan fingerprint density at radius 1 is 1.18 bits per heavy atom. The third-order valence-electron chi connectivity index (χ3n) is 6.01. The quantitative estimate of drug-likeness (QED) is 0.820. The summed E-state index contributed by atoms with van der Waals surface area (Å²) in [4.78, 5) is 12.6. The molecule has 0 aliphatic heterocycles. The summed E-state index contributed by atoms with van der Waals surface area (Å²) < 4.78 is 5.70. The average molecular weight is 310 g/mol. The van der Waals surface area contributed by atoms with Gasteiger partial charge in [0.15, 0.2) is 0 Å². The summed E-state index contributed by atoms with van der Waals surface area (Å²) in [5.74, 6) is 0.634. The van der Waals surface area contributed by atoms with Crippen LogP contribution in [0.15, 0.2) is 0 Å². The summed E-state index contributed by atoms with van der Waals surface area (Å²) in [7, 11) is 0. The summed E-state index contributed by atoms with van der Waals surface area (Å²) in [6.07, 6.45) is 9.85. The van der Waals surface area contributed by atoms with Gasteiger partial charge in [0.2, 0.25) is 5.91 Å². The molecule has 2 aliphatic carbocycles. The van der Waals surface area contributed by atoms with Crippen molar-refractivity contribution in [1.82, 2.24) is 5.32 Å². The topological polar surface area (TPSA) is 64.3 Å². The number of nitrogens with two attached hydrogens (primary N) is 1. The molecule has 2 atom stereocenters. The van der Waals surface area contributed by atoms with Crippen LogP contribution in [0.4, 0.5) is 0 Å². The highest BCUT2D eigenvalue weighted by atomic mass is 16.5. The molecule has 2 aliphatic rings. The van der Waals surface area contributed by atoms with Gasteiger partial charge in [-0.2, -0.15) is 0 Å². The van der Waals surface area contributed by atoms with E-state index in [-0.39, 0.29) is 17.4 Å². The molecule has 2 unspecified atom stereocenters. The van der Waals surface area contributed by atoms with Crippen LogP contribution in [0.5, 0.6) is 0 Å². The molecule has 2 rings (SSSR count). The third kappa shape index (κ3) is 3.48. The van der Waals surface area contributed by atoms with Crippen molar-refractivity contribution in [2.45, 2.75) is 83.8 Å². The first-order valence-corrected chi connectivity index (χ1v) is 9.10. The van der Waals surface area contributed by atoms with Crippen LogP contribution in [-0.2, 0) is 9.53 Å². The van der Waals surface area contributed by atoms with Crippen LogP contribution in [0.3, 0.4) is 0 Å². The Morgan fingerprint density at radius 3 is 2.32 bits per heavy atom. The second kappa shape index (κ2) is 7.31. The Morgan fingerprint density at radius 2 is 1.77 bits per heavy atom. The fraction of sp³-hybridized carbons (Fsp3) is 0.944. The third-order valence-corrected chi connectivity index (χ3v) is 6.01. The minimum Gasteiger partial charge on any atom is -0.378 e. The molecule has 0 aromatic heterocycles. The lowest BCUT2D eigenvalue weighted by atomic mass is 9.54. The molecular weight excluding hydrogens is 276 g/mol. The molecule has 0 aromatic rings. The number of rotatable bonds is 5. The maximum absolute atomic E-state index is 12.6. The van der Waals surface area contributed by atoms with E-state index >= 15 is 0 Å². The number of ether oxygens (including phenoxy) is 1. The van der Waals surface area contributed by atoms with Crippen molar-refractivity contribution in [1.29, 1.82) is 0 Å². The molecule has 4 heteroatoms. The van der Waals surface area contributed by atoms with Crippen LogP contribution in [0.2, 0.25) is 0 Å². The van der Waals surface area contributed by atoms with Gasteiger partial charge in [-0.15, -0.1) is 0 Å². The predicted octanol–water partition coefficient (Wildman–Crippen LogP) is 3.00. The lowest BCUT2D eigenvalue weighted by Crippen LogP contribution is -2.75. The average Bonchev–Trinajstić information content (AvgIpc) is 2.45. The SMILES string of the molecule is CCOC1CC(N)(C(=O)NCC2CCCCCCC2)C1(C)C. The van der Waals surface area contributed by atoms with Crippen LogP contribution in [0.1, 0.15) is 72.1 Å². The van der Waals surface area contributed by atoms with Gasteiger partial charge >= 0.3 is 0 Å². The summed E-state index contributed by atoms with van der Waals surface area (Å²) >= 11 is 0. The van der Waals surface area contributed by atoms with Gasteiger partial charge < -0.3 is 15.8 Å². The molecule has 3 N–H and O–H groups in total. The van der Waals surface area contributed by atoms with Gasteiger partial charge in [-0.3, -0.25) is 4.79 Å². The van der Waals surface area contributed by atoms with Crippen molar-refractivity contribution >= 4 is 5.91 Å². The first-order chi connectivity index (χ1) is 10.4. The van der Waals surface area contributed by atoms with Gasteiger partial charge in [-0.25, -0.2) is 0 Å². The molecule has 22 heavy (non-hydrogen) atoms. The van der Waals surface area contributed by atoms with Crippen LogP contribution in [0.25, 0.3) is 0 Å². The normalized spacial score (nSPS) is 32.6. The Bertz CT molecular complexity index is 375. The molecule has 0 spiro atoms. The second-order valence-electron chi connectivity index (χ2n) is 7.76. The van der Waals surface area contributed by atoms with E-state index in [9.17, 15) is 4.79 Å². The number of carbonyl (C=O) groups excluding carboxylic acids is 1. The number of nitrogens with one attached hydrogen (secondary N) is 1. The van der Waals surface area contributed by atoms with Gasteiger partial charge in [0.05, 0.1) is 6.10 Å². The van der Waals surface area contributed by atoms with E-state index in [1.807, 2.05) is 20.8 Å². The maximum atomic E-state index is 12.6.